The van der Waals surface area contributed by atoms with Crippen LogP contribution in [0.3, 0.4) is 0 Å². The number of hydrogen-bond acceptors (Lipinski definition) is 5. The molecule has 0 unspecified atom stereocenters. The van der Waals surface area contributed by atoms with Crippen LogP contribution in [0.1, 0.15) is 29.0 Å². The third kappa shape index (κ3) is 4.18. The van der Waals surface area contributed by atoms with Gasteiger partial charge in [0.2, 0.25) is 5.78 Å². The second-order valence-corrected chi connectivity index (χ2v) is 7.18. The number of aryl methyl sites for hydroxylation is 1. The van der Waals surface area contributed by atoms with Gasteiger partial charge >= 0.3 is 6.03 Å². The molecule has 9 nitrogen and oxygen atoms in total. The molecule has 0 spiro atoms. The molecule has 0 aliphatic carbocycles. The Balaban J connectivity index is 1.32. The van der Waals surface area contributed by atoms with Crippen molar-refractivity contribution in [3.8, 4) is 5.69 Å². The second-order valence-electron chi connectivity index (χ2n) is 7.18. The van der Waals surface area contributed by atoms with Crippen LogP contribution in [0.2, 0.25) is 0 Å². The molecule has 29 heavy (non-hydrogen) atoms. The summed E-state index contributed by atoms with van der Waals surface area (Å²) in [6, 6.07) is 7.60. The highest BCUT2D eigenvalue weighted by molar-refractivity contribution is 5.95. The van der Waals surface area contributed by atoms with Crippen molar-refractivity contribution in [2.75, 3.05) is 13.1 Å². The van der Waals surface area contributed by atoms with E-state index in [1.807, 2.05) is 31.3 Å². The molecule has 3 heterocycles. The number of likely N-dealkylation sites (tertiary alicyclic amines) is 1. The SMILES string of the molecule is Cn1ccnc1C(=O)[C@@H]1CCCN(C(=O)NCc2ccc(-n3cncn3)cc2)C1. The minimum atomic E-state index is -0.211. The van der Waals surface area contributed by atoms with Crippen LogP contribution in [-0.2, 0) is 13.6 Å². The van der Waals surface area contributed by atoms with E-state index >= 15 is 0 Å². The van der Waals surface area contributed by atoms with Crippen LogP contribution in [0.25, 0.3) is 5.69 Å². The predicted octanol–water partition coefficient (Wildman–Crippen LogP) is 1.81. The van der Waals surface area contributed by atoms with Gasteiger partial charge in [0.25, 0.3) is 0 Å². The van der Waals surface area contributed by atoms with Crippen LogP contribution in [0.5, 0.6) is 0 Å². The lowest BCUT2D eigenvalue weighted by Gasteiger charge is -2.31. The number of ketones is 1. The molecule has 1 fully saturated rings. The van der Waals surface area contributed by atoms with Gasteiger partial charge < -0.3 is 14.8 Å². The van der Waals surface area contributed by atoms with Crippen molar-refractivity contribution in [2.45, 2.75) is 19.4 Å². The summed E-state index contributed by atoms with van der Waals surface area (Å²) in [6.45, 7) is 1.50. The van der Waals surface area contributed by atoms with E-state index in [0.29, 0.717) is 25.5 Å². The Morgan fingerprint density at radius 2 is 2.07 bits per heavy atom. The van der Waals surface area contributed by atoms with E-state index in [1.54, 1.807) is 32.9 Å². The van der Waals surface area contributed by atoms with Gasteiger partial charge in [-0.1, -0.05) is 12.1 Å². The molecule has 1 N–H and O–H groups in total. The Hall–Kier alpha value is -3.49. The fourth-order valence-corrected chi connectivity index (χ4v) is 3.56. The number of aromatic nitrogens is 5. The highest BCUT2D eigenvalue weighted by atomic mass is 16.2. The third-order valence-electron chi connectivity index (χ3n) is 5.18. The van der Waals surface area contributed by atoms with Crippen molar-refractivity contribution in [3.63, 3.8) is 0 Å². The molecule has 1 aliphatic heterocycles. The number of urea groups is 1. The fraction of sp³-hybridized carbons (Fsp3) is 0.350. The van der Waals surface area contributed by atoms with Gasteiger partial charge in [0.05, 0.1) is 5.69 Å². The van der Waals surface area contributed by atoms with Crippen LogP contribution in [0.4, 0.5) is 4.79 Å². The molecule has 2 amide bonds. The van der Waals surface area contributed by atoms with Gasteiger partial charge in [-0.3, -0.25) is 4.79 Å². The van der Waals surface area contributed by atoms with Crippen molar-refractivity contribution in [1.29, 1.82) is 0 Å². The van der Waals surface area contributed by atoms with E-state index in [4.69, 9.17) is 0 Å². The van der Waals surface area contributed by atoms with E-state index in [1.165, 1.54) is 6.33 Å². The minimum Gasteiger partial charge on any atom is -0.334 e. The minimum absolute atomic E-state index is 0.00120. The number of Topliss-reactive ketones (excluding diaryl/α,β-unsaturated/α-hetero) is 1. The van der Waals surface area contributed by atoms with Crippen LogP contribution < -0.4 is 5.32 Å². The summed E-state index contributed by atoms with van der Waals surface area (Å²) in [4.78, 5) is 35.1. The molecular formula is C20H23N7O2. The molecule has 0 saturated carbocycles. The van der Waals surface area contributed by atoms with Crippen molar-refractivity contribution in [3.05, 3.63) is 60.7 Å². The summed E-state index contributed by atoms with van der Waals surface area (Å²) in [5.41, 5.74) is 1.89. The maximum atomic E-state index is 12.7. The molecule has 9 heteroatoms. The molecule has 1 aromatic carbocycles. The highest BCUT2D eigenvalue weighted by Gasteiger charge is 2.30. The summed E-state index contributed by atoms with van der Waals surface area (Å²) in [5, 5.41) is 7.04. The first-order chi connectivity index (χ1) is 14.1. The zero-order chi connectivity index (χ0) is 20.2. The summed E-state index contributed by atoms with van der Waals surface area (Å²) in [7, 11) is 1.81. The molecule has 1 saturated heterocycles. The summed E-state index contributed by atoms with van der Waals surface area (Å²) in [6.07, 6.45) is 8.08. The normalized spacial score (nSPS) is 16.6. The Morgan fingerprint density at radius 3 is 2.76 bits per heavy atom. The van der Waals surface area contributed by atoms with Crippen LogP contribution in [0, 0.1) is 5.92 Å². The zero-order valence-electron chi connectivity index (χ0n) is 16.2. The Kier molecular flexibility index (Phi) is 5.37. The predicted molar refractivity (Wildman–Crippen MR) is 105 cm³/mol. The van der Waals surface area contributed by atoms with Crippen LogP contribution in [-0.4, -0.2) is 54.1 Å². The molecule has 3 aromatic rings. The van der Waals surface area contributed by atoms with Gasteiger partial charge in [-0.15, -0.1) is 0 Å². The lowest BCUT2D eigenvalue weighted by molar-refractivity contribution is 0.0831. The quantitative estimate of drug-likeness (QED) is 0.667. The first-order valence-corrected chi connectivity index (χ1v) is 9.60. The molecule has 150 valence electrons. The van der Waals surface area contributed by atoms with Crippen molar-refractivity contribution >= 4 is 11.8 Å². The number of hydrogen-bond donors (Lipinski definition) is 1. The van der Waals surface area contributed by atoms with E-state index in [9.17, 15) is 9.59 Å². The largest absolute Gasteiger partial charge is 0.334 e. The second kappa shape index (κ2) is 8.26. The topological polar surface area (TPSA) is 97.9 Å². The van der Waals surface area contributed by atoms with Gasteiger partial charge in [0.15, 0.2) is 5.82 Å². The van der Waals surface area contributed by atoms with Crippen molar-refractivity contribution < 1.29 is 9.59 Å². The third-order valence-corrected chi connectivity index (χ3v) is 5.18. The Morgan fingerprint density at radius 1 is 1.24 bits per heavy atom. The smallest absolute Gasteiger partial charge is 0.317 e. The highest BCUT2D eigenvalue weighted by Crippen LogP contribution is 2.20. The number of nitrogens with one attached hydrogen (secondary N) is 1. The molecule has 0 radical (unpaired) electrons. The summed E-state index contributed by atoms with van der Waals surface area (Å²) < 4.78 is 3.40. The lowest BCUT2D eigenvalue weighted by atomic mass is 9.93. The Bertz CT molecular complexity index is 979. The molecule has 4 rings (SSSR count). The van der Waals surface area contributed by atoms with Crippen LogP contribution in [0.15, 0.2) is 49.3 Å². The molecule has 2 aromatic heterocycles. The number of benzene rings is 1. The van der Waals surface area contributed by atoms with E-state index in [-0.39, 0.29) is 17.7 Å². The van der Waals surface area contributed by atoms with Gasteiger partial charge in [-0.25, -0.2) is 19.4 Å². The summed E-state index contributed by atoms with van der Waals surface area (Å²) >= 11 is 0. The number of nitrogens with zero attached hydrogens (tertiary/aromatic N) is 6. The maximum Gasteiger partial charge on any atom is 0.317 e. The van der Waals surface area contributed by atoms with Crippen LogP contribution >= 0.6 is 0 Å². The number of rotatable bonds is 5. The average Bonchev–Trinajstić information content (AvgIpc) is 3.44. The van der Waals surface area contributed by atoms with E-state index in [2.05, 4.69) is 20.4 Å². The van der Waals surface area contributed by atoms with E-state index in [0.717, 1.165) is 24.1 Å². The molecule has 1 aliphatic rings. The van der Waals surface area contributed by atoms with Crippen molar-refractivity contribution in [2.24, 2.45) is 13.0 Å². The Labute approximate surface area is 168 Å². The standard InChI is InChI=1S/C20H23N7O2/c1-25-10-8-22-19(25)18(28)16-3-2-9-26(12-16)20(29)23-11-15-4-6-17(7-5-15)27-14-21-13-24-27/h4-8,10,13-14,16H,2-3,9,11-12H2,1H3,(H,23,29)/t16-/m1/s1. The number of carbonyl (C=O) groups excluding carboxylic acids is 2. The van der Waals surface area contributed by atoms with Gasteiger partial charge in [-0.2, -0.15) is 5.10 Å². The number of piperidine rings is 1. The number of carbonyl (C=O) groups is 2. The van der Waals surface area contributed by atoms with Crippen molar-refractivity contribution in [1.82, 2.24) is 34.5 Å². The fourth-order valence-electron chi connectivity index (χ4n) is 3.56. The average molecular weight is 393 g/mol. The first-order valence-electron chi connectivity index (χ1n) is 9.60. The molecular weight excluding hydrogens is 370 g/mol. The lowest BCUT2D eigenvalue weighted by Crippen LogP contribution is -2.47. The zero-order valence-corrected chi connectivity index (χ0v) is 16.2. The number of amides is 2. The van der Waals surface area contributed by atoms with E-state index < -0.39 is 0 Å². The first kappa shape index (κ1) is 18.9. The van der Waals surface area contributed by atoms with Gasteiger partial charge in [-0.05, 0) is 30.5 Å². The number of imidazole rings is 1. The molecule has 0 bridgehead atoms. The van der Waals surface area contributed by atoms with Gasteiger partial charge in [0, 0.05) is 45.0 Å². The summed E-state index contributed by atoms with van der Waals surface area (Å²) in [5.74, 6) is 0.237. The molecule has 1 atom stereocenters. The van der Waals surface area contributed by atoms with Gasteiger partial charge in [0.1, 0.15) is 12.7 Å². The maximum absolute atomic E-state index is 12.7. The monoisotopic (exact) mass is 393 g/mol.